The van der Waals surface area contributed by atoms with Gasteiger partial charge in [-0.1, -0.05) is 103 Å². The molecule has 2 bridgehead atoms. The molecule has 5 aromatic rings. The Morgan fingerprint density at radius 3 is 1.97 bits per heavy atom. The van der Waals surface area contributed by atoms with Gasteiger partial charge in [-0.15, -0.1) is 0 Å². The molecule has 1 atom stereocenters. The number of hydrogen-bond donors (Lipinski definition) is 1. The molecule has 0 heterocycles. The molecule has 0 aromatic heterocycles. The second kappa shape index (κ2) is 7.82. The van der Waals surface area contributed by atoms with Crippen molar-refractivity contribution in [3.05, 3.63) is 143 Å². The van der Waals surface area contributed by atoms with Gasteiger partial charge in [-0.3, -0.25) is 4.79 Å². The zero-order chi connectivity index (χ0) is 24.3. The van der Waals surface area contributed by atoms with Crippen molar-refractivity contribution in [2.45, 2.75) is 23.7 Å². The summed E-state index contributed by atoms with van der Waals surface area (Å²) in [6, 6.07) is 37.7. The number of aromatic hydroxyl groups is 1. The summed E-state index contributed by atoms with van der Waals surface area (Å²) in [5.41, 5.74) is 4.31. The lowest BCUT2D eigenvalue weighted by Gasteiger charge is -2.52. The normalized spacial score (nSPS) is 21.6. The molecule has 0 spiro atoms. The minimum absolute atomic E-state index is 0.0246. The minimum atomic E-state index is -1.09. The second-order valence-electron chi connectivity index (χ2n) is 9.80. The van der Waals surface area contributed by atoms with E-state index in [1.54, 1.807) is 12.1 Å². The number of carbonyl (C=O) groups is 1. The van der Waals surface area contributed by atoms with Gasteiger partial charge in [0.15, 0.2) is 0 Å². The predicted octanol–water partition coefficient (Wildman–Crippen LogP) is 7.07. The zero-order valence-corrected chi connectivity index (χ0v) is 19.6. The van der Waals surface area contributed by atoms with E-state index in [0.717, 1.165) is 21.9 Å². The molecule has 3 heteroatoms. The van der Waals surface area contributed by atoms with Gasteiger partial charge in [0, 0.05) is 22.8 Å². The summed E-state index contributed by atoms with van der Waals surface area (Å²) in [6.45, 7) is 0. The summed E-state index contributed by atoms with van der Waals surface area (Å²) in [5.74, 6) is 0.0684. The van der Waals surface area contributed by atoms with E-state index in [9.17, 15) is 9.90 Å². The van der Waals surface area contributed by atoms with E-state index in [1.165, 1.54) is 11.1 Å². The monoisotopic (exact) mass is 468 g/mol. The summed E-state index contributed by atoms with van der Waals surface area (Å²) < 4.78 is 6.11. The van der Waals surface area contributed by atoms with Crippen LogP contribution < -0.4 is 4.74 Å². The molecule has 8 rings (SSSR count). The minimum Gasteiger partial charge on any atom is -0.507 e. The van der Waals surface area contributed by atoms with Crippen LogP contribution in [0.15, 0.2) is 115 Å². The predicted molar refractivity (Wildman–Crippen MR) is 141 cm³/mol. The average Bonchev–Trinajstić information content (AvgIpc) is 2.94. The third-order valence-electron chi connectivity index (χ3n) is 8.08. The molecule has 174 valence electrons. The molecule has 3 aliphatic rings. The fourth-order valence-corrected chi connectivity index (χ4v) is 6.59. The Labute approximate surface area is 209 Å². The maximum atomic E-state index is 14.5. The Morgan fingerprint density at radius 1 is 0.694 bits per heavy atom. The fraction of sp³-hybridized carbons (Fsp3) is 0.121. The smallest absolute Gasteiger partial charge is 0.323 e. The molecule has 0 saturated heterocycles. The molecule has 0 amide bonds. The Morgan fingerprint density at radius 2 is 1.28 bits per heavy atom. The van der Waals surface area contributed by atoms with Gasteiger partial charge < -0.3 is 9.84 Å². The molecular weight excluding hydrogens is 444 g/mol. The first kappa shape index (κ1) is 21.0. The van der Waals surface area contributed by atoms with Crippen LogP contribution in [0.25, 0.3) is 10.8 Å². The molecule has 0 saturated carbocycles. The summed E-state index contributed by atoms with van der Waals surface area (Å²) in [5, 5.41) is 13.4. The second-order valence-corrected chi connectivity index (χ2v) is 9.80. The van der Waals surface area contributed by atoms with Crippen LogP contribution in [0.5, 0.6) is 11.5 Å². The molecule has 36 heavy (non-hydrogen) atoms. The highest BCUT2D eigenvalue weighted by Gasteiger charge is 2.59. The van der Waals surface area contributed by atoms with E-state index < -0.39 is 5.41 Å². The fourth-order valence-electron chi connectivity index (χ4n) is 6.59. The van der Waals surface area contributed by atoms with E-state index in [4.69, 9.17) is 4.74 Å². The molecular formula is C33H24O3. The van der Waals surface area contributed by atoms with Crippen molar-refractivity contribution in [1.82, 2.24) is 0 Å². The van der Waals surface area contributed by atoms with Crippen LogP contribution in [-0.4, -0.2) is 11.1 Å². The molecule has 0 fully saturated rings. The highest BCUT2D eigenvalue weighted by atomic mass is 16.5. The first-order valence-corrected chi connectivity index (χ1v) is 12.3. The van der Waals surface area contributed by atoms with Gasteiger partial charge in [-0.2, -0.15) is 0 Å². The number of rotatable bonds is 3. The molecule has 1 N–H and O–H groups in total. The lowest BCUT2D eigenvalue weighted by molar-refractivity contribution is -0.142. The van der Waals surface area contributed by atoms with Crippen LogP contribution >= 0.6 is 0 Å². The van der Waals surface area contributed by atoms with Crippen molar-refractivity contribution in [2.75, 3.05) is 0 Å². The van der Waals surface area contributed by atoms with Gasteiger partial charge in [0.1, 0.15) is 16.9 Å². The quantitative estimate of drug-likeness (QED) is 0.228. The number of phenolic OH excluding ortho intramolecular Hbond substituents is 1. The van der Waals surface area contributed by atoms with Crippen LogP contribution in [0, 0.1) is 0 Å². The Hall–Kier alpha value is -4.37. The van der Waals surface area contributed by atoms with E-state index >= 15 is 0 Å². The number of ether oxygens (including phenoxy) is 1. The first-order valence-electron chi connectivity index (χ1n) is 12.3. The SMILES string of the molecule is O=C(Oc1ccccc1)C1(c2ccc3ccccc3c2O)CC2c3ccccc3C1c1ccccc12. The van der Waals surface area contributed by atoms with E-state index in [-0.39, 0.29) is 23.6 Å². The van der Waals surface area contributed by atoms with Crippen LogP contribution in [0.2, 0.25) is 0 Å². The van der Waals surface area contributed by atoms with Gasteiger partial charge in [0.05, 0.1) is 0 Å². The zero-order valence-electron chi connectivity index (χ0n) is 19.6. The third-order valence-corrected chi connectivity index (χ3v) is 8.08. The molecule has 3 aliphatic carbocycles. The summed E-state index contributed by atoms with van der Waals surface area (Å²) in [7, 11) is 0. The van der Waals surface area contributed by atoms with Crippen LogP contribution in [0.3, 0.4) is 0 Å². The summed E-state index contributed by atoms with van der Waals surface area (Å²) in [4.78, 5) is 14.5. The average molecular weight is 469 g/mol. The lowest BCUT2D eigenvalue weighted by Crippen LogP contribution is -2.51. The Bertz CT molecular complexity index is 1590. The highest BCUT2D eigenvalue weighted by molar-refractivity contribution is 5.96. The number of fused-ring (bicyclic) bond motifs is 2. The van der Waals surface area contributed by atoms with Gasteiger partial charge in [-0.25, -0.2) is 0 Å². The summed E-state index contributed by atoms with van der Waals surface area (Å²) >= 11 is 0. The van der Waals surface area contributed by atoms with Crippen molar-refractivity contribution >= 4 is 16.7 Å². The van der Waals surface area contributed by atoms with Crippen molar-refractivity contribution in [1.29, 1.82) is 0 Å². The van der Waals surface area contributed by atoms with Crippen LogP contribution in [-0.2, 0) is 10.2 Å². The van der Waals surface area contributed by atoms with Crippen LogP contribution in [0.4, 0.5) is 0 Å². The number of benzene rings is 5. The van der Waals surface area contributed by atoms with Crippen molar-refractivity contribution in [2.24, 2.45) is 0 Å². The largest absolute Gasteiger partial charge is 0.507 e. The number of phenols is 1. The van der Waals surface area contributed by atoms with E-state index in [2.05, 4.69) is 36.4 Å². The topological polar surface area (TPSA) is 46.5 Å². The number of hydrogen-bond acceptors (Lipinski definition) is 3. The first-order chi connectivity index (χ1) is 17.7. The van der Waals surface area contributed by atoms with Gasteiger partial charge in [-0.05, 0) is 46.2 Å². The van der Waals surface area contributed by atoms with Crippen LogP contribution in [0.1, 0.15) is 46.1 Å². The Kier molecular flexibility index (Phi) is 4.55. The number of carbonyl (C=O) groups excluding carboxylic acids is 1. The number of esters is 1. The molecule has 0 radical (unpaired) electrons. The standard InChI is InChI=1S/C33H24O3/c34-31-23-13-5-4-10-21(23)18-19-29(31)33(32(35)36-22-11-2-1-3-12-22)20-28-24-14-6-8-16-26(24)30(33)27-17-9-7-15-25(27)28/h1-19,28,30,34H,20H2. The molecule has 0 aliphatic heterocycles. The van der Waals surface area contributed by atoms with E-state index in [1.807, 2.05) is 66.7 Å². The van der Waals surface area contributed by atoms with Crippen molar-refractivity contribution in [3.8, 4) is 11.5 Å². The maximum Gasteiger partial charge on any atom is 0.323 e. The highest BCUT2D eigenvalue weighted by Crippen LogP contribution is 2.63. The van der Waals surface area contributed by atoms with Gasteiger partial charge >= 0.3 is 5.97 Å². The van der Waals surface area contributed by atoms with E-state index in [0.29, 0.717) is 17.7 Å². The molecule has 3 nitrogen and oxygen atoms in total. The van der Waals surface area contributed by atoms with Crippen molar-refractivity contribution < 1.29 is 14.6 Å². The third kappa shape index (κ3) is 2.83. The van der Waals surface area contributed by atoms with Gasteiger partial charge in [0.2, 0.25) is 0 Å². The van der Waals surface area contributed by atoms with Gasteiger partial charge in [0.25, 0.3) is 0 Å². The maximum absolute atomic E-state index is 14.5. The molecule has 1 unspecified atom stereocenters. The number of para-hydroxylation sites is 1. The Balaban J connectivity index is 1.53. The lowest BCUT2D eigenvalue weighted by atomic mass is 9.50. The summed E-state index contributed by atoms with van der Waals surface area (Å²) in [6.07, 6.45) is 0.531. The molecule has 5 aromatic carbocycles. The van der Waals surface area contributed by atoms with Crippen molar-refractivity contribution in [3.63, 3.8) is 0 Å².